The first kappa shape index (κ1) is 12.2. The second-order valence-corrected chi connectivity index (χ2v) is 4.11. The fourth-order valence-corrected chi connectivity index (χ4v) is 1.62. The third-order valence-corrected chi connectivity index (χ3v) is 2.72. The highest BCUT2D eigenvalue weighted by Gasteiger charge is 1.97. The standard InChI is InChI=1S/C11H15BrN2O/c1-9(15)14-7-6-13-8-10-4-2-3-5-11(10)12/h2-5,13H,6-8H2,1H3,(H,14,15). The lowest BCUT2D eigenvalue weighted by atomic mass is 10.2. The number of hydrogen-bond acceptors (Lipinski definition) is 2. The summed E-state index contributed by atoms with van der Waals surface area (Å²) >= 11 is 3.48. The van der Waals surface area contributed by atoms with E-state index in [2.05, 4.69) is 32.6 Å². The summed E-state index contributed by atoms with van der Waals surface area (Å²) in [6, 6.07) is 8.08. The molecule has 1 aromatic rings. The summed E-state index contributed by atoms with van der Waals surface area (Å²) in [5.74, 6) is 0.0118. The zero-order valence-corrected chi connectivity index (χ0v) is 10.3. The SMILES string of the molecule is CC(=O)NCCNCc1ccccc1Br. The van der Waals surface area contributed by atoms with Crippen LogP contribution in [0, 0.1) is 0 Å². The lowest BCUT2D eigenvalue weighted by molar-refractivity contribution is -0.118. The van der Waals surface area contributed by atoms with Crippen LogP contribution in [0.1, 0.15) is 12.5 Å². The van der Waals surface area contributed by atoms with Crippen molar-refractivity contribution in [2.75, 3.05) is 13.1 Å². The maximum absolute atomic E-state index is 10.6. The quantitative estimate of drug-likeness (QED) is 0.800. The smallest absolute Gasteiger partial charge is 0.216 e. The van der Waals surface area contributed by atoms with Crippen LogP contribution in [0.15, 0.2) is 28.7 Å². The Morgan fingerprint density at radius 2 is 2.07 bits per heavy atom. The van der Waals surface area contributed by atoms with Gasteiger partial charge < -0.3 is 10.6 Å². The van der Waals surface area contributed by atoms with E-state index in [1.165, 1.54) is 12.5 Å². The zero-order chi connectivity index (χ0) is 11.1. The van der Waals surface area contributed by atoms with Crippen molar-refractivity contribution in [1.82, 2.24) is 10.6 Å². The van der Waals surface area contributed by atoms with E-state index in [9.17, 15) is 4.79 Å². The lowest BCUT2D eigenvalue weighted by Crippen LogP contribution is -2.29. The lowest BCUT2D eigenvalue weighted by Gasteiger charge is -2.06. The first-order valence-corrected chi connectivity index (χ1v) is 5.68. The summed E-state index contributed by atoms with van der Waals surface area (Å²) in [5, 5.41) is 5.99. The maximum Gasteiger partial charge on any atom is 0.216 e. The predicted octanol–water partition coefficient (Wildman–Crippen LogP) is 1.67. The van der Waals surface area contributed by atoms with E-state index in [1.807, 2.05) is 18.2 Å². The summed E-state index contributed by atoms with van der Waals surface area (Å²) in [7, 11) is 0. The molecule has 0 aliphatic rings. The van der Waals surface area contributed by atoms with Crippen LogP contribution in [-0.2, 0) is 11.3 Å². The van der Waals surface area contributed by atoms with Crippen LogP contribution in [0.2, 0.25) is 0 Å². The Bertz CT molecular complexity index is 328. The van der Waals surface area contributed by atoms with Gasteiger partial charge in [-0.2, -0.15) is 0 Å². The summed E-state index contributed by atoms with van der Waals surface area (Å²) in [6.07, 6.45) is 0. The molecule has 0 heterocycles. The highest BCUT2D eigenvalue weighted by molar-refractivity contribution is 9.10. The topological polar surface area (TPSA) is 41.1 Å². The minimum atomic E-state index is 0.0118. The van der Waals surface area contributed by atoms with Crippen LogP contribution < -0.4 is 10.6 Å². The number of amides is 1. The normalized spacial score (nSPS) is 10.0. The van der Waals surface area contributed by atoms with E-state index in [0.29, 0.717) is 6.54 Å². The van der Waals surface area contributed by atoms with Gasteiger partial charge in [0, 0.05) is 31.0 Å². The van der Waals surface area contributed by atoms with Crippen LogP contribution in [0.25, 0.3) is 0 Å². The van der Waals surface area contributed by atoms with Crippen molar-refractivity contribution in [2.45, 2.75) is 13.5 Å². The van der Waals surface area contributed by atoms with E-state index < -0.39 is 0 Å². The van der Waals surface area contributed by atoms with E-state index >= 15 is 0 Å². The molecule has 0 fully saturated rings. The zero-order valence-electron chi connectivity index (χ0n) is 8.72. The molecule has 1 rings (SSSR count). The van der Waals surface area contributed by atoms with Gasteiger partial charge in [0.2, 0.25) is 5.91 Å². The van der Waals surface area contributed by atoms with Gasteiger partial charge >= 0.3 is 0 Å². The molecule has 0 radical (unpaired) electrons. The Balaban J connectivity index is 2.21. The van der Waals surface area contributed by atoms with Crippen LogP contribution in [0.4, 0.5) is 0 Å². The van der Waals surface area contributed by atoms with Crippen LogP contribution in [-0.4, -0.2) is 19.0 Å². The molecule has 4 heteroatoms. The monoisotopic (exact) mass is 270 g/mol. The third kappa shape index (κ3) is 4.95. The Kier molecular flexibility index (Phi) is 5.36. The Hall–Kier alpha value is -0.870. The summed E-state index contributed by atoms with van der Waals surface area (Å²) in [6.45, 7) is 3.77. The van der Waals surface area contributed by atoms with Gasteiger partial charge in [-0.15, -0.1) is 0 Å². The van der Waals surface area contributed by atoms with E-state index in [1.54, 1.807) is 0 Å². The first-order chi connectivity index (χ1) is 7.20. The molecular weight excluding hydrogens is 256 g/mol. The number of nitrogens with one attached hydrogen (secondary N) is 2. The second kappa shape index (κ2) is 6.58. The van der Waals surface area contributed by atoms with Crippen molar-refractivity contribution < 1.29 is 4.79 Å². The molecule has 0 spiro atoms. The number of rotatable bonds is 5. The van der Waals surface area contributed by atoms with Crippen LogP contribution in [0.3, 0.4) is 0 Å². The predicted molar refractivity (Wildman–Crippen MR) is 64.5 cm³/mol. The number of benzene rings is 1. The first-order valence-electron chi connectivity index (χ1n) is 4.88. The third-order valence-electron chi connectivity index (χ3n) is 1.95. The average Bonchev–Trinajstić information content (AvgIpc) is 2.20. The Morgan fingerprint density at radius 3 is 2.73 bits per heavy atom. The van der Waals surface area contributed by atoms with Crippen molar-refractivity contribution in [1.29, 1.82) is 0 Å². The minimum absolute atomic E-state index is 0.0118. The number of hydrogen-bond donors (Lipinski definition) is 2. The second-order valence-electron chi connectivity index (χ2n) is 3.25. The molecule has 15 heavy (non-hydrogen) atoms. The van der Waals surface area contributed by atoms with Gasteiger partial charge in [0.15, 0.2) is 0 Å². The molecule has 0 aromatic heterocycles. The molecule has 2 N–H and O–H groups in total. The van der Waals surface area contributed by atoms with Gasteiger partial charge in [0.05, 0.1) is 0 Å². The Morgan fingerprint density at radius 1 is 1.33 bits per heavy atom. The fourth-order valence-electron chi connectivity index (χ4n) is 1.19. The molecule has 0 atom stereocenters. The molecule has 1 aromatic carbocycles. The summed E-state index contributed by atoms with van der Waals surface area (Å²) < 4.78 is 1.11. The maximum atomic E-state index is 10.6. The van der Waals surface area contributed by atoms with E-state index in [4.69, 9.17) is 0 Å². The molecule has 0 saturated carbocycles. The van der Waals surface area contributed by atoms with Crippen molar-refractivity contribution in [3.63, 3.8) is 0 Å². The molecule has 0 aliphatic carbocycles. The van der Waals surface area contributed by atoms with E-state index in [-0.39, 0.29) is 5.91 Å². The van der Waals surface area contributed by atoms with Crippen molar-refractivity contribution in [2.24, 2.45) is 0 Å². The van der Waals surface area contributed by atoms with Gasteiger partial charge in [-0.05, 0) is 11.6 Å². The van der Waals surface area contributed by atoms with Crippen molar-refractivity contribution in [3.05, 3.63) is 34.3 Å². The summed E-state index contributed by atoms with van der Waals surface area (Å²) in [5.41, 5.74) is 1.22. The molecule has 0 aliphatic heterocycles. The fraction of sp³-hybridized carbons (Fsp3) is 0.364. The molecule has 0 bridgehead atoms. The summed E-state index contributed by atoms with van der Waals surface area (Å²) in [4.78, 5) is 10.6. The minimum Gasteiger partial charge on any atom is -0.355 e. The van der Waals surface area contributed by atoms with Gasteiger partial charge in [-0.3, -0.25) is 4.79 Å². The van der Waals surface area contributed by atoms with Crippen molar-refractivity contribution in [3.8, 4) is 0 Å². The molecule has 1 amide bonds. The Labute approximate surface area is 98.4 Å². The highest BCUT2D eigenvalue weighted by atomic mass is 79.9. The van der Waals surface area contributed by atoms with Gasteiger partial charge in [0.25, 0.3) is 0 Å². The molecule has 3 nitrogen and oxygen atoms in total. The largest absolute Gasteiger partial charge is 0.355 e. The van der Waals surface area contributed by atoms with Gasteiger partial charge in [-0.25, -0.2) is 0 Å². The van der Waals surface area contributed by atoms with Crippen molar-refractivity contribution >= 4 is 21.8 Å². The van der Waals surface area contributed by atoms with Crippen LogP contribution >= 0.6 is 15.9 Å². The molecule has 0 saturated heterocycles. The number of carbonyl (C=O) groups excluding carboxylic acids is 1. The van der Waals surface area contributed by atoms with E-state index in [0.717, 1.165) is 17.6 Å². The van der Waals surface area contributed by atoms with Crippen LogP contribution in [0.5, 0.6) is 0 Å². The number of carbonyl (C=O) groups is 1. The molecular formula is C11H15BrN2O. The highest BCUT2D eigenvalue weighted by Crippen LogP contribution is 2.14. The van der Waals surface area contributed by atoms with Gasteiger partial charge in [0.1, 0.15) is 0 Å². The molecule has 82 valence electrons. The average molecular weight is 271 g/mol. The van der Waals surface area contributed by atoms with Gasteiger partial charge in [-0.1, -0.05) is 34.1 Å². The number of halogens is 1. The molecule has 0 unspecified atom stereocenters.